The zero-order valence-corrected chi connectivity index (χ0v) is 18.6. The van der Waals surface area contributed by atoms with Gasteiger partial charge in [-0.15, -0.1) is 11.6 Å². The first-order chi connectivity index (χ1) is 15.5. The molecular weight excluding hydrogens is 456 g/mol. The molecule has 0 fully saturated rings. The second-order valence-electron chi connectivity index (χ2n) is 8.88. The number of ketones is 1. The van der Waals surface area contributed by atoms with Crippen LogP contribution in [-0.2, 0) is 9.59 Å². The standard InChI is InChI=1S/C23H20ClF2N3O4/c1-23(2)9-17-21(19(30)10-23)22(14-5-3-12(25)7-15(14)26)28(20(31)11-24)18-6-4-13(29(32)33)8-16(18)27-17/h3-8,22,27H,9-11H2,1-2H3. The van der Waals surface area contributed by atoms with Gasteiger partial charge >= 0.3 is 0 Å². The fourth-order valence-electron chi connectivity index (χ4n) is 4.50. The molecule has 7 nitrogen and oxygen atoms in total. The van der Waals surface area contributed by atoms with Crippen molar-refractivity contribution < 1.29 is 23.3 Å². The maximum absolute atomic E-state index is 15.0. The SMILES string of the molecule is CC1(C)CC(=O)C2=C(C1)Nc1cc([N+](=O)[O-])ccc1N(C(=O)CCl)C2c1ccc(F)cc1F. The zero-order valence-electron chi connectivity index (χ0n) is 17.8. The Hall–Kier alpha value is -3.33. The van der Waals surface area contributed by atoms with Gasteiger partial charge in [-0.25, -0.2) is 8.78 Å². The number of non-ortho nitro benzene ring substituents is 1. The number of nitro groups is 1. The third kappa shape index (κ3) is 4.08. The van der Waals surface area contributed by atoms with E-state index in [1.165, 1.54) is 24.3 Å². The van der Waals surface area contributed by atoms with Gasteiger partial charge in [-0.05, 0) is 24.0 Å². The summed E-state index contributed by atoms with van der Waals surface area (Å²) in [4.78, 5) is 38.4. The van der Waals surface area contributed by atoms with Crippen molar-refractivity contribution in [1.82, 2.24) is 0 Å². The minimum Gasteiger partial charge on any atom is -0.357 e. The van der Waals surface area contributed by atoms with Crippen LogP contribution in [0.15, 0.2) is 47.7 Å². The minimum atomic E-state index is -1.23. The highest BCUT2D eigenvalue weighted by Gasteiger charge is 2.44. The molecular formula is C23H20ClF2N3O4. The van der Waals surface area contributed by atoms with Gasteiger partial charge in [-0.3, -0.25) is 24.6 Å². The molecule has 33 heavy (non-hydrogen) atoms. The third-order valence-electron chi connectivity index (χ3n) is 5.83. The third-order valence-corrected chi connectivity index (χ3v) is 6.06. The first-order valence-electron chi connectivity index (χ1n) is 10.2. The Morgan fingerprint density at radius 2 is 1.97 bits per heavy atom. The summed E-state index contributed by atoms with van der Waals surface area (Å²) in [6, 6.07) is 5.52. The molecule has 0 bridgehead atoms. The van der Waals surface area contributed by atoms with Gasteiger partial charge in [0.2, 0.25) is 5.91 Å². The molecule has 0 aromatic heterocycles. The van der Waals surface area contributed by atoms with Gasteiger partial charge in [0, 0.05) is 41.5 Å². The number of amides is 1. The number of rotatable bonds is 3. The Morgan fingerprint density at radius 1 is 1.24 bits per heavy atom. The zero-order chi connectivity index (χ0) is 24.1. The molecule has 2 aromatic carbocycles. The van der Waals surface area contributed by atoms with Crippen molar-refractivity contribution in [2.75, 3.05) is 16.1 Å². The van der Waals surface area contributed by atoms with Gasteiger partial charge < -0.3 is 5.32 Å². The Labute approximate surface area is 193 Å². The summed E-state index contributed by atoms with van der Waals surface area (Å²) in [5.74, 6) is -3.18. The number of allylic oxidation sites excluding steroid dienone is 1. The molecule has 0 radical (unpaired) electrons. The molecule has 2 aromatic rings. The summed E-state index contributed by atoms with van der Waals surface area (Å²) in [5.41, 5.74) is 0.235. The number of carbonyl (C=O) groups excluding carboxylic acids is 2. The number of benzene rings is 2. The minimum absolute atomic E-state index is 0.0802. The quantitative estimate of drug-likeness (QED) is 0.371. The monoisotopic (exact) mass is 475 g/mol. The Morgan fingerprint density at radius 3 is 2.61 bits per heavy atom. The normalized spacial score (nSPS) is 19.4. The highest BCUT2D eigenvalue weighted by molar-refractivity contribution is 6.30. The lowest BCUT2D eigenvalue weighted by atomic mass is 9.73. The molecule has 4 rings (SSSR count). The van der Waals surface area contributed by atoms with Gasteiger partial charge in [0.05, 0.1) is 22.3 Å². The Balaban J connectivity index is 2.06. The van der Waals surface area contributed by atoms with Gasteiger partial charge in [-0.2, -0.15) is 0 Å². The summed E-state index contributed by atoms with van der Waals surface area (Å²) in [6.45, 7) is 3.79. The van der Waals surface area contributed by atoms with E-state index < -0.39 is 39.8 Å². The van der Waals surface area contributed by atoms with Crippen LogP contribution in [0.4, 0.5) is 25.8 Å². The summed E-state index contributed by atoms with van der Waals surface area (Å²) in [7, 11) is 0. The van der Waals surface area contributed by atoms with E-state index in [0.29, 0.717) is 18.2 Å². The molecule has 0 spiro atoms. The van der Waals surface area contributed by atoms with E-state index in [9.17, 15) is 24.1 Å². The number of hydrogen-bond acceptors (Lipinski definition) is 5. The molecule has 1 N–H and O–H groups in total. The predicted molar refractivity (Wildman–Crippen MR) is 119 cm³/mol. The predicted octanol–water partition coefficient (Wildman–Crippen LogP) is 5.25. The van der Waals surface area contributed by atoms with Crippen LogP contribution < -0.4 is 10.2 Å². The lowest BCUT2D eigenvalue weighted by Gasteiger charge is -2.37. The summed E-state index contributed by atoms with van der Waals surface area (Å²) in [6.07, 6.45) is 0.519. The van der Waals surface area contributed by atoms with E-state index in [1.54, 1.807) is 0 Å². The van der Waals surface area contributed by atoms with E-state index in [1.807, 2.05) is 13.8 Å². The summed E-state index contributed by atoms with van der Waals surface area (Å²) in [5, 5.41) is 14.5. The van der Waals surface area contributed by atoms with E-state index in [2.05, 4.69) is 5.32 Å². The van der Waals surface area contributed by atoms with Crippen molar-refractivity contribution in [3.8, 4) is 0 Å². The first-order valence-corrected chi connectivity index (χ1v) is 10.7. The molecule has 1 unspecified atom stereocenters. The number of halogens is 3. The second kappa shape index (κ2) is 8.22. The number of fused-ring (bicyclic) bond motifs is 1. The largest absolute Gasteiger partial charge is 0.357 e. The van der Waals surface area contributed by atoms with Gasteiger partial charge in [0.1, 0.15) is 17.5 Å². The maximum atomic E-state index is 15.0. The van der Waals surface area contributed by atoms with Crippen LogP contribution in [0, 0.1) is 27.2 Å². The number of carbonyl (C=O) groups is 2. The van der Waals surface area contributed by atoms with Crippen molar-refractivity contribution in [2.24, 2.45) is 5.41 Å². The fraction of sp³-hybridized carbons (Fsp3) is 0.304. The van der Waals surface area contributed by atoms with E-state index in [-0.39, 0.29) is 40.4 Å². The van der Waals surface area contributed by atoms with Gasteiger partial charge in [0.15, 0.2) is 5.78 Å². The highest BCUT2D eigenvalue weighted by Crippen LogP contribution is 2.49. The molecule has 10 heteroatoms. The summed E-state index contributed by atoms with van der Waals surface area (Å²) < 4.78 is 28.7. The average Bonchev–Trinajstić information content (AvgIpc) is 2.85. The highest BCUT2D eigenvalue weighted by atomic mass is 35.5. The average molecular weight is 476 g/mol. The van der Waals surface area contributed by atoms with Crippen LogP contribution in [0.3, 0.4) is 0 Å². The number of Topliss-reactive ketones (excluding diaryl/α,β-unsaturated/α-hetero) is 1. The van der Waals surface area contributed by atoms with Crippen LogP contribution in [0.2, 0.25) is 0 Å². The number of nitrogens with one attached hydrogen (secondary N) is 1. The maximum Gasteiger partial charge on any atom is 0.271 e. The molecule has 1 aliphatic heterocycles. The van der Waals surface area contributed by atoms with E-state index in [0.717, 1.165) is 11.0 Å². The Kier molecular flexibility index (Phi) is 5.69. The lowest BCUT2D eigenvalue weighted by Crippen LogP contribution is -2.40. The molecule has 0 saturated carbocycles. The van der Waals surface area contributed by atoms with E-state index in [4.69, 9.17) is 11.6 Å². The Bertz CT molecular complexity index is 1230. The van der Waals surface area contributed by atoms with Crippen LogP contribution in [-0.4, -0.2) is 22.5 Å². The first kappa shape index (κ1) is 22.8. The van der Waals surface area contributed by atoms with Crippen molar-refractivity contribution in [3.05, 3.63) is 75.0 Å². The van der Waals surface area contributed by atoms with Gasteiger partial charge in [0.25, 0.3) is 5.69 Å². The molecule has 172 valence electrons. The molecule has 1 atom stereocenters. The second-order valence-corrected chi connectivity index (χ2v) is 9.15. The smallest absolute Gasteiger partial charge is 0.271 e. The van der Waals surface area contributed by atoms with Crippen LogP contribution in [0.5, 0.6) is 0 Å². The van der Waals surface area contributed by atoms with Crippen molar-refractivity contribution >= 4 is 40.4 Å². The number of nitro benzene ring substituents is 1. The van der Waals surface area contributed by atoms with Crippen molar-refractivity contribution in [1.29, 1.82) is 0 Å². The molecule has 1 aliphatic carbocycles. The lowest BCUT2D eigenvalue weighted by molar-refractivity contribution is -0.384. The number of anilines is 2. The number of alkyl halides is 1. The van der Waals surface area contributed by atoms with Crippen LogP contribution >= 0.6 is 11.6 Å². The summed E-state index contributed by atoms with van der Waals surface area (Å²) >= 11 is 5.89. The number of nitrogens with zero attached hydrogens (tertiary/aromatic N) is 2. The van der Waals surface area contributed by atoms with Crippen LogP contribution in [0.25, 0.3) is 0 Å². The molecule has 1 amide bonds. The van der Waals surface area contributed by atoms with Crippen molar-refractivity contribution in [2.45, 2.75) is 32.7 Å². The molecule has 1 heterocycles. The fourth-order valence-corrected chi connectivity index (χ4v) is 4.63. The van der Waals surface area contributed by atoms with Gasteiger partial charge in [-0.1, -0.05) is 19.9 Å². The van der Waals surface area contributed by atoms with Crippen molar-refractivity contribution in [3.63, 3.8) is 0 Å². The van der Waals surface area contributed by atoms with E-state index >= 15 is 4.39 Å². The topological polar surface area (TPSA) is 92.5 Å². The van der Waals surface area contributed by atoms with Crippen LogP contribution in [0.1, 0.15) is 38.3 Å². The molecule has 0 saturated heterocycles. The molecule has 2 aliphatic rings. The number of hydrogen-bond donors (Lipinski definition) is 1.